The zero-order chi connectivity index (χ0) is 22.1. The molecule has 158 valence electrons. The first-order chi connectivity index (χ1) is 16.4. The van der Waals surface area contributed by atoms with Crippen molar-refractivity contribution in [3.63, 3.8) is 0 Å². The van der Waals surface area contributed by atoms with E-state index < -0.39 is 0 Å². The zero-order valence-corrected chi connectivity index (χ0v) is 19.1. The summed E-state index contributed by atoms with van der Waals surface area (Å²) in [5, 5.41) is 0. The van der Waals surface area contributed by atoms with Gasteiger partial charge in [0.05, 0.1) is 4.75 Å². The third-order valence-electron chi connectivity index (χ3n) is 6.66. The van der Waals surface area contributed by atoms with Crippen LogP contribution in [0.5, 0.6) is 0 Å². The summed E-state index contributed by atoms with van der Waals surface area (Å²) in [5.74, 6) is 0.136. The zero-order valence-electron chi connectivity index (χ0n) is 18.3. The molecule has 1 atom stereocenters. The Balaban J connectivity index is 1.79. The topological polar surface area (TPSA) is 0 Å². The second-order valence-electron chi connectivity index (χ2n) is 8.50. The smallest absolute Gasteiger partial charge is 0.0813 e. The van der Waals surface area contributed by atoms with E-state index in [1.165, 1.54) is 38.3 Å². The SMILES string of the molecule is c1ccc(C2c3ccccc3-c3ccccc3SC2(c2ccccc2)c2ccccc2)cc1. The van der Waals surface area contributed by atoms with Crippen molar-refractivity contribution >= 4 is 11.8 Å². The average Bonchev–Trinajstić information content (AvgIpc) is 3.03. The van der Waals surface area contributed by atoms with Gasteiger partial charge < -0.3 is 0 Å². The van der Waals surface area contributed by atoms with Crippen molar-refractivity contribution < 1.29 is 0 Å². The lowest BCUT2D eigenvalue weighted by Gasteiger charge is -2.41. The van der Waals surface area contributed by atoms with Crippen LogP contribution < -0.4 is 0 Å². The van der Waals surface area contributed by atoms with Crippen LogP contribution in [0, 0.1) is 0 Å². The van der Waals surface area contributed by atoms with Gasteiger partial charge in [-0.15, -0.1) is 11.8 Å². The van der Waals surface area contributed by atoms with E-state index >= 15 is 0 Å². The summed E-state index contributed by atoms with van der Waals surface area (Å²) >= 11 is 1.99. The molecule has 0 aliphatic carbocycles. The first-order valence-corrected chi connectivity index (χ1v) is 12.2. The van der Waals surface area contributed by atoms with Crippen molar-refractivity contribution in [1.82, 2.24) is 0 Å². The molecule has 0 radical (unpaired) electrons. The van der Waals surface area contributed by atoms with E-state index in [1.807, 2.05) is 11.8 Å². The number of benzene rings is 5. The molecule has 6 rings (SSSR count). The molecule has 0 nitrogen and oxygen atoms in total. The third kappa shape index (κ3) is 3.32. The van der Waals surface area contributed by atoms with E-state index in [2.05, 4.69) is 140 Å². The minimum absolute atomic E-state index is 0.136. The summed E-state index contributed by atoms with van der Waals surface area (Å²) in [6.07, 6.45) is 0. The summed E-state index contributed by atoms with van der Waals surface area (Å²) < 4.78 is -0.327. The van der Waals surface area contributed by atoms with Crippen LogP contribution in [-0.2, 0) is 4.75 Å². The predicted octanol–water partition coefficient (Wildman–Crippen LogP) is 8.54. The monoisotopic (exact) mass is 440 g/mol. The lowest BCUT2D eigenvalue weighted by atomic mass is 9.71. The minimum Gasteiger partial charge on any atom is -0.108 e. The molecule has 0 spiro atoms. The molecule has 0 N–H and O–H groups in total. The van der Waals surface area contributed by atoms with Gasteiger partial charge in [-0.25, -0.2) is 0 Å². The largest absolute Gasteiger partial charge is 0.108 e. The van der Waals surface area contributed by atoms with Crippen LogP contribution in [0.1, 0.15) is 28.2 Å². The van der Waals surface area contributed by atoms with Crippen molar-refractivity contribution in [2.75, 3.05) is 0 Å². The van der Waals surface area contributed by atoms with E-state index in [0.29, 0.717) is 0 Å². The molecular weight excluding hydrogens is 416 g/mol. The molecule has 1 aliphatic rings. The van der Waals surface area contributed by atoms with Crippen LogP contribution in [0.15, 0.2) is 144 Å². The van der Waals surface area contributed by atoms with Gasteiger partial charge in [-0.2, -0.15) is 0 Å². The number of hydrogen-bond donors (Lipinski definition) is 0. The van der Waals surface area contributed by atoms with Crippen molar-refractivity contribution in [2.45, 2.75) is 15.6 Å². The van der Waals surface area contributed by atoms with Crippen LogP contribution in [0.4, 0.5) is 0 Å². The summed E-state index contributed by atoms with van der Waals surface area (Å²) in [4.78, 5) is 1.32. The lowest BCUT2D eigenvalue weighted by molar-refractivity contribution is 0.640. The van der Waals surface area contributed by atoms with E-state index in [1.54, 1.807) is 0 Å². The standard InChI is InChI=1S/C32H24S/c1-4-14-24(15-5-1)31-29-22-11-10-20-27(29)28-21-12-13-23-30(28)33-32(31,25-16-6-2-7-17-25)26-18-8-3-9-19-26/h1-23,31H. The third-order valence-corrected chi connectivity index (χ3v) is 8.27. The van der Waals surface area contributed by atoms with Crippen LogP contribution in [0.2, 0.25) is 0 Å². The maximum Gasteiger partial charge on any atom is 0.0813 e. The molecule has 0 bridgehead atoms. The van der Waals surface area contributed by atoms with Crippen LogP contribution >= 0.6 is 11.8 Å². The summed E-state index contributed by atoms with van der Waals surface area (Å²) in [6.45, 7) is 0. The molecule has 1 aliphatic heterocycles. The van der Waals surface area contributed by atoms with Crippen LogP contribution in [-0.4, -0.2) is 0 Å². The summed E-state index contributed by atoms with van der Waals surface area (Å²) in [6, 6.07) is 51.0. The van der Waals surface area contributed by atoms with Crippen molar-refractivity contribution in [2.24, 2.45) is 0 Å². The van der Waals surface area contributed by atoms with Gasteiger partial charge in [-0.3, -0.25) is 0 Å². The highest BCUT2D eigenvalue weighted by Crippen LogP contribution is 2.62. The molecule has 0 amide bonds. The summed E-state index contributed by atoms with van der Waals surface area (Å²) in [7, 11) is 0. The number of rotatable bonds is 3. The fourth-order valence-electron chi connectivity index (χ4n) is 5.27. The van der Waals surface area contributed by atoms with Gasteiger partial charge in [0.15, 0.2) is 0 Å². The second-order valence-corrected chi connectivity index (χ2v) is 9.78. The van der Waals surface area contributed by atoms with Crippen molar-refractivity contribution in [3.8, 4) is 11.1 Å². The molecule has 0 saturated carbocycles. The average molecular weight is 441 g/mol. The second kappa shape index (κ2) is 8.42. The Morgan fingerprint density at radius 1 is 0.455 bits per heavy atom. The Kier molecular flexibility index (Phi) is 5.13. The molecule has 33 heavy (non-hydrogen) atoms. The normalized spacial score (nSPS) is 16.3. The fourth-order valence-corrected chi connectivity index (χ4v) is 6.94. The maximum atomic E-state index is 2.33. The van der Waals surface area contributed by atoms with E-state index in [9.17, 15) is 0 Å². The molecule has 0 saturated heterocycles. The molecule has 5 aromatic rings. The first-order valence-electron chi connectivity index (χ1n) is 11.4. The van der Waals surface area contributed by atoms with Crippen molar-refractivity contribution in [1.29, 1.82) is 0 Å². The molecular formula is C32H24S. The van der Waals surface area contributed by atoms with E-state index in [0.717, 1.165) is 0 Å². The fraction of sp³-hybridized carbons (Fsp3) is 0.0625. The number of fused-ring (bicyclic) bond motifs is 3. The molecule has 1 unspecified atom stereocenters. The Morgan fingerprint density at radius 3 is 1.58 bits per heavy atom. The highest BCUT2D eigenvalue weighted by Gasteiger charge is 2.47. The molecule has 0 fully saturated rings. The molecule has 5 aromatic carbocycles. The van der Waals surface area contributed by atoms with Gasteiger partial charge in [-0.05, 0) is 39.4 Å². The maximum absolute atomic E-state index is 2.33. The Labute approximate surface area is 200 Å². The lowest BCUT2D eigenvalue weighted by Crippen LogP contribution is -2.32. The van der Waals surface area contributed by atoms with Crippen molar-refractivity contribution in [3.05, 3.63) is 162 Å². The Bertz CT molecular complexity index is 1330. The first kappa shape index (κ1) is 20.1. The van der Waals surface area contributed by atoms with Gasteiger partial charge in [0.25, 0.3) is 0 Å². The van der Waals surface area contributed by atoms with Gasteiger partial charge >= 0.3 is 0 Å². The van der Waals surface area contributed by atoms with Gasteiger partial charge in [0.2, 0.25) is 0 Å². The summed E-state index contributed by atoms with van der Waals surface area (Å²) in [5.41, 5.74) is 7.98. The number of hydrogen-bond acceptors (Lipinski definition) is 1. The minimum atomic E-state index is -0.327. The molecule has 1 heterocycles. The molecule has 0 aromatic heterocycles. The van der Waals surface area contributed by atoms with Gasteiger partial charge in [0.1, 0.15) is 0 Å². The van der Waals surface area contributed by atoms with E-state index in [-0.39, 0.29) is 10.7 Å². The van der Waals surface area contributed by atoms with Gasteiger partial charge in [0, 0.05) is 10.8 Å². The van der Waals surface area contributed by atoms with Crippen LogP contribution in [0.3, 0.4) is 0 Å². The quantitative estimate of drug-likeness (QED) is 0.271. The van der Waals surface area contributed by atoms with Crippen LogP contribution in [0.25, 0.3) is 11.1 Å². The molecule has 1 heteroatoms. The van der Waals surface area contributed by atoms with E-state index in [4.69, 9.17) is 0 Å². The Morgan fingerprint density at radius 2 is 0.939 bits per heavy atom. The number of thioether (sulfide) groups is 1. The van der Waals surface area contributed by atoms with Gasteiger partial charge in [-0.1, -0.05) is 133 Å². The highest BCUT2D eigenvalue weighted by atomic mass is 32.2. The Hall–Kier alpha value is -3.55. The highest BCUT2D eigenvalue weighted by molar-refractivity contribution is 8.00. The predicted molar refractivity (Wildman–Crippen MR) is 140 cm³/mol.